The molecule has 1 atom stereocenters. The smallest absolute Gasteiger partial charge is 0.253 e. The molecule has 28 heavy (non-hydrogen) atoms. The average molecular weight is 388 g/mol. The van der Waals surface area contributed by atoms with Crippen LogP contribution in [0.1, 0.15) is 17.3 Å². The molecule has 2 aromatic rings. The second-order valence-electron chi connectivity index (χ2n) is 7.15. The van der Waals surface area contributed by atoms with Crippen molar-refractivity contribution >= 4 is 17.3 Å². The monoisotopic (exact) mass is 388 g/mol. The van der Waals surface area contributed by atoms with Crippen LogP contribution in [-0.4, -0.2) is 57.6 Å². The summed E-state index contributed by atoms with van der Waals surface area (Å²) < 4.78 is 29.3. The van der Waals surface area contributed by atoms with Gasteiger partial charge in [0.25, 0.3) is 5.91 Å². The number of rotatable bonds is 4. The van der Waals surface area contributed by atoms with E-state index >= 15 is 0 Å². The predicted octanol–water partition coefficient (Wildman–Crippen LogP) is 3.17. The normalized spacial score (nSPS) is 17.5. The van der Waals surface area contributed by atoms with Crippen LogP contribution < -0.4 is 15.5 Å². The number of piperazine rings is 1. The molecule has 2 N–H and O–H groups in total. The van der Waals surface area contributed by atoms with Crippen molar-refractivity contribution in [2.75, 3.05) is 51.0 Å². The van der Waals surface area contributed by atoms with E-state index in [2.05, 4.69) is 34.4 Å². The fourth-order valence-electron chi connectivity index (χ4n) is 3.51. The van der Waals surface area contributed by atoms with Crippen LogP contribution in [0.2, 0.25) is 0 Å². The summed E-state index contributed by atoms with van der Waals surface area (Å²) in [6, 6.07) is 7.69. The summed E-state index contributed by atoms with van der Waals surface area (Å²) in [6.45, 7) is 4.66. The molecule has 0 spiro atoms. The van der Waals surface area contributed by atoms with E-state index < -0.39 is 17.5 Å². The molecule has 1 fully saturated rings. The summed E-state index contributed by atoms with van der Waals surface area (Å²) in [6.07, 6.45) is 0. The van der Waals surface area contributed by atoms with E-state index in [4.69, 9.17) is 0 Å². The number of benzene rings is 2. The first-order valence-electron chi connectivity index (χ1n) is 9.34. The lowest BCUT2D eigenvalue weighted by atomic mass is 10.0. The Bertz CT molecular complexity index is 887. The van der Waals surface area contributed by atoms with Gasteiger partial charge in [0, 0.05) is 45.3 Å². The number of carbonyl (C=O) groups is 1. The maximum Gasteiger partial charge on any atom is 0.253 e. The maximum absolute atomic E-state index is 15.0. The molecule has 0 bridgehead atoms. The van der Waals surface area contributed by atoms with Crippen molar-refractivity contribution in [3.8, 4) is 11.1 Å². The second-order valence-corrected chi connectivity index (χ2v) is 7.15. The molecular weight excluding hydrogens is 362 g/mol. The molecule has 1 aliphatic rings. The third-order valence-electron chi connectivity index (χ3n) is 5.41. The molecule has 1 unspecified atom stereocenters. The first-order valence-corrected chi connectivity index (χ1v) is 9.34. The van der Waals surface area contributed by atoms with Crippen molar-refractivity contribution in [1.82, 2.24) is 10.2 Å². The van der Waals surface area contributed by atoms with Crippen LogP contribution in [0.3, 0.4) is 0 Å². The number of halogens is 2. The van der Waals surface area contributed by atoms with Crippen molar-refractivity contribution in [2.24, 2.45) is 0 Å². The van der Waals surface area contributed by atoms with Crippen LogP contribution in [0.25, 0.3) is 11.1 Å². The van der Waals surface area contributed by atoms with Crippen LogP contribution >= 0.6 is 0 Å². The van der Waals surface area contributed by atoms with Crippen LogP contribution in [0.15, 0.2) is 30.3 Å². The highest BCUT2D eigenvalue weighted by atomic mass is 19.1. The number of nitrogens with one attached hydrogen (secondary N) is 2. The first-order chi connectivity index (χ1) is 13.3. The first kappa shape index (κ1) is 20.1. The van der Waals surface area contributed by atoms with Gasteiger partial charge in [-0.2, -0.15) is 0 Å². The van der Waals surface area contributed by atoms with E-state index in [0.717, 1.165) is 31.0 Å². The number of amides is 1. The molecule has 0 saturated carbocycles. The topological polar surface area (TPSA) is 47.6 Å². The number of likely N-dealkylation sites (N-methyl/N-ethyl adjacent to an activating group) is 1. The minimum absolute atomic E-state index is 0.0662. The third-order valence-corrected chi connectivity index (χ3v) is 5.41. The number of carbonyl (C=O) groups excluding carboxylic acids is 1. The maximum atomic E-state index is 15.0. The van der Waals surface area contributed by atoms with Gasteiger partial charge in [-0.05, 0) is 43.8 Å². The Labute approximate surface area is 164 Å². The lowest BCUT2D eigenvalue weighted by Crippen LogP contribution is -2.50. The lowest BCUT2D eigenvalue weighted by Gasteiger charge is -2.39. The van der Waals surface area contributed by atoms with Gasteiger partial charge in [-0.3, -0.25) is 4.79 Å². The zero-order valence-electron chi connectivity index (χ0n) is 16.6. The molecule has 1 aliphatic heterocycles. The quantitative estimate of drug-likeness (QED) is 0.845. The predicted molar refractivity (Wildman–Crippen MR) is 109 cm³/mol. The van der Waals surface area contributed by atoms with E-state index in [1.54, 1.807) is 19.2 Å². The molecule has 1 amide bonds. The third kappa shape index (κ3) is 3.80. The molecular formula is C21H26F2N4O. The molecule has 3 rings (SSSR count). The Morgan fingerprint density at radius 1 is 1.11 bits per heavy atom. The minimum Gasteiger partial charge on any atom is -0.386 e. The zero-order valence-corrected chi connectivity index (χ0v) is 16.6. The van der Waals surface area contributed by atoms with Gasteiger partial charge in [0.2, 0.25) is 0 Å². The van der Waals surface area contributed by atoms with Gasteiger partial charge in [-0.25, -0.2) is 8.78 Å². The number of hydrogen-bond acceptors (Lipinski definition) is 4. The van der Waals surface area contributed by atoms with Crippen LogP contribution in [0.4, 0.5) is 20.2 Å². The highest BCUT2D eigenvalue weighted by Crippen LogP contribution is 2.35. The lowest BCUT2D eigenvalue weighted by molar-refractivity contribution is 0.0959. The van der Waals surface area contributed by atoms with Crippen LogP contribution in [0, 0.1) is 11.6 Å². The van der Waals surface area contributed by atoms with Gasteiger partial charge in [0.1, 0.15) is 11.6 Å². The Balaban J connectivity index is 1.98. The Kier molecular flexibility index (Phi) is 5.84. The Hall–Kier alpha value is -2.67. The minimum atomic E-state index is -0.681. The van der Waals surface area contributed by atoms with E-state index in [1.165, 1.54) is 25.2 Å². The van der Waals surface area contributed by atoms with Crippen molar-refractivity contribution in [3.63, 3.8) is 0 Å². The van der Waals surface area contributed by atoms with Crippen molar-refractivity contribution in [2.45, 2.75) is 13.0 Å². The zero-order chi connectivity index (χ0) is 20.4. The van der Waals surface area contributed by atoms with Gasteiger partial charge in [0.05, 0.1) is 16.9 Å². The molecule has 0 aliphatic carbocycles. The molecule has 150 valence electrons. The van der Waals surface area contributed by atoms with E-state index in [0.29, 0.717) is 11.6 Å². The van der Waals surface area contributed by atoms with Gasteiger partial charge in [-0.15, -0.1) is 0 Å². The fraction of sp³-hybridized carbons (Fsp3) is 0.381. The molecule has 1 saturated heterocycles. The SMILES string of the molecule is CNC(=O)c1ccc(-c2cc(NC)c(N3CCN(C)C(C)C3)cc2F)cc1F. The van der Waals surface area contributed by atoms with Gasteiger partial charge in [0.15, 0.2) is 0 Å². The molecule has 7 heteroatoms. The van der Waals surface area contributed by atoms with E-state index in [1.807, 2.05) is 0 Å². The summed E-state index contributed by atoms with van der Waals surface area (Å²) in [4.78, 5) is 16.1. The molecule has 1 heterocycles. The number of nitrogens with zero attached hydrogens (tertiary/aromatic N) is 2. The molecule has 5 nitrogen and oxygen atoms in total. The average Bonchev–Trinajstić information content (AvgIpc) is 2.69. The van der Waals surface area contributed by atoms with Gasteiger partial charge in [-0.1, -0.05) is 6.07 Å². The summed E-state index contributed by atoms with van der Waals surface area (Å²) in [5.41, 5.74) is 2.19. The standard InChI is InChI=1S/C21H26F2N4O/c1-13-12-27(8-7-26(13)4)20-11-18(23)16(10-19(20)24-2)14-5-6-15(17(22)9-14)21(28)25-3/h5-6,9-11,13,24H,7-8,12H2,1-4H3,(H,25,28). The van der Waals surface area contributed by atoms with E-state index in [9.17, 15) is 13.6 Å². The molecule has 0 aromatic heterocycles. The molecule has 2 aromatic carbocycles. The number of anilines is 2. The van der Waals surface area contributed by atoms with Gasteiger partial charge >= 0.3 is 0 Å². The van der Waals surface area contributed by atoms with Crippen LogP contribution in [0.5, 0.6) is 0 Å². The Morgan fingerprint density at radius 3 is 2.46 bits per heavy atom. The largest absolute Gasteiger partial charge is 0.386 e. The van der Waals surface area contributed by atoms with Gasteiger partial charge < -0.3 is 20.4 Å². The summed E-state index contributed by atoms with van der Waals surface area (Å²) >= 11 is 0. The highest BCUT2D eigenvalue weighted by molar-refractivity contribution is 5.95. The van der Waals surface area contributed by atoms with Crippen LogP contribution in [-0.2, 0) is 0 Å². The summed E-state index contributed by atoms with van der Waals surface area (Å²) in [5, 5.41) is 5.52. The highest BCUT2D eigenvalue weighted by Gasteiger charge is 2.24. The number of hydrogen-bond donors (Lipinski definition) is 2. The molecule has 0 radical (unpaired) electrons. The van der Waals surface area contributed by atoms with E-state index in [-0.39, 0.29) is 11.1 Å². The summed E-state index contributed by atoms with van der Waals surface area (Å²) in [7, 11) is 5.31. The second kappa shape index (κ2) is 8.14. The fourth-order valence-corrected chi connectivity index (χ4v) is 3.51. The summed E-state index contributed by atoms with van der Waals surface area (Å²) in [5.74, 6) is -1.62. The van der Waals surface area contributed by atoms with Crippen molar-refractivity contribution in [1.29, 1.82) is 0 Å². The Morgan fingerprint density at radius 2 is 1.86 bits per heavy atom. The van der Waals surface area contributed by atoms with Crippen molar-refractivity contribution in [3.05, 3.63) is 47.5 Å². The van der Waals surface area contributed by atoms with Crippen molar-refractivity contribution < 1.29 is 13.6 Å².